The number of hydrogen-bond acceptors (Lipinski definition) is 3. The zero-order valence-corrected chi connectivity index (χ0v) is 8.54. The van der Waals surface area contributed by atoms with Gasteiger partial charge in [0, 0.05) is 0 Å². The summed E-state index contributed by atoms with van der Waals surface area (Å²) in [6.45, 7) is 6.55. The highest BCUT2D eigenvalue weighted by atomic mass is 32.2. The van der Waals surface area contributed by atoms with Gasteiger partial charge in [-0.1, -0.05) is 13.8 Å². The highest BCUT2D eigenvalue weighted by molar-refractivity contribution is 7.99. The second kappa shape index (κ2) is 6.38. The molecule has 0 N–H and O–H groups in total. The molecule has 0 fully saturated rings. The number of hydrogen-bond donors (Lipinski definition) is 2. The molecule has 0 aromatic carbocycles. The average Bonchev–Trinajstić information content (AvgIpc) is 1.87. The Balaban J connectivity index is 3.50. The van der Waals surface area contributed by atoms with Crippen molar-refractivity contribution in [1.82, 2.24) is 4.90 Å². The lowest BCUT2D eigenvalue weighted by molar-refractivity contribution is 0.307. The number of rotatable bonds is 5. The van der Waals surface area contributed by atoms with E-state index in [9.17, 15) is 0 Å². The molecule has 10 heavy (non-hydrogen) atoms. The summed E-state index contributed by atoms with van der Waals surface area (Å²) in [5.74, 6) is 0. The van der Waals surface area contributed by atoms with Crippen LogP contribution in [-0.4, -0.2) is 22.7 Å². The Morgan fingerprint density at radius 2 is 1.50 bits per heavy atom. The number of nitrogens with zero attached hydrogens (tertiary/aromatic N) is 1. The van der Waals surface area contributed by atoms with Crippen LogP contribution in [0.3, 0.4) is 0 Å². The van der Waals surface area contributed by atoms with Crippen LogP contribution >= 0.6 is 25.3 Å². The maximum Gasteiger partial charge on any atom is 0.0969 e. The SMILES string of the molecule is CCCN(CCC)C(S)S. The Hall–Kier alpha value is 0.660. The smallest absolute Gasteiger partial charge is 0.0969 e. The summed E-state index contributed by atoms with van der Waals surface area (Å²) in [5, 5.41) is 0. The lowest BCUT2D eigenvalue weighted by atomic mass is 10.4. The second-order valence-electron chi connectivity index (χ2n) is 2.38. The van der Waals surface area contributed by atoms with E-state index >= 15 is 0 Å². The minimum Gasteiger partial charge on any atom is -0.284 e. The Kier molecular flexibility index (Phi) is 6.80. The van der Waals surface area contributed by atoms with Crippen molar-refractivity contribution in [2.24, 2.45) is 0 Å². The molecule has 0 rings (SSSR count). The van der Waals surface area contributed by atoms with Gasteiger partial charge in [-0.25, -0.2) is 0 Å². The summed E-state index contributed by atoms with van der Waals surface area (Å²) in [6.07, 6.45) is 2.36. The molecule has 0 aromatic rings. The Bertz CT molecular complexity index is 70.0. The highest BCUT2D eigenvalue weighted by Crippen LogP contribution is 2.08. The van der Waals surface area contributed by atoms with Crippen molar-refractivity contribution in [3.05, 3.63) is 0 Å². The van der Waals surface area contributed by atoms with Crippen molar-refractivity contribution in [2.75, 3.05) is 13.1 Å². The topological polar surface area (TPSA) is 3.24 Å². The third-order valence-corrected chi connectivity index (χ3v) is 2.00. The van der Waals surface area contributed by atoms with Crippen molar-refractivity contribution in [3.63, 3.8) is 0 Å². The third kappa shape index (κ3) is 4.47. The van der Waals surface area contributed by atoms with E-state index in [2.05, 4.69) is 44.0 Å². The van der Waals surface area contributed by atoms with Crippen LogP contribution in [0, 0.1) is 0 Å². The molecule has 0 aliphatic rings. The zero-order chi connectivity index (χ0) is 7.98. The van der Waals surface area contributed by atoms with Gasteiger partial charge in [-0.3, -0.25) is 4.90 Å². The highest BCUT2D eigenvalue weighted by Gasteiger charge is 2.06. The predicted octanol–water partition coefficient (Wildman–Crippen LogP) is 2.25. The molecule has 0 aliphatic heterocycles. The van der Waals surface area contributed by atoms with Crippen molar-refractivity contribution in [2.45, 2.75) is 31.4 Å². The quantitative estimate of drug-likeness (QED) is 0.484. The van der Waals surface area contributed by atoms with Gasteiger partial charge < -0.3 is 0 Å². The lowest BCUT2D eigenvalue weighted by Gasteiger charge is -2.23. The van der Waals surface area contributed by atoms with Crippen LogP contribution in [0.4, 0.5) is 0 Å². The van der Waals surface area contributed by atoms with Crippen molar-refractivity contribution >= 4 is 25.3 Å². The molecule has 1 nitrogen and oxygen atoms in total. The van der Waals surface area contributed by atoms with Gasteiger partial charge in [0.05, 0.1) is 4.71 Å². The summed E-state index contributed by atoms with van der Waals surface area (Å²) in [6, 6.07) is 0. The molecule has 62 valence electrons. The van der Waals surface area contributed by atoms with Gasteiger partial charge in [-0.05, 0) is 25.9 Å². The van der Waals surface area contributed by atoms with Crippen LogP contribution in [0.25, 0.3) is 0 Å². The van der Waals surface area contributed by atoms with Gasteiger partial charge in [0.2, 0.25) is 0 Å². The number of thiol groups is 2. The second-order valence-corrected chi connectivity index (χ2v) is 3.77. The first-order valence-electron chi connectivity index (χ1n) is 3.82. The largest absolute Gasteiger partial charge is 0.284 e. The molecule has 0 aromatic heterocycles. The van der Waals surface area contributed by atoms with Gasteiger partial charge in [0.25, 0.3) is 0 Å². The molecule has 0 unspecified atom stereocenters. The van der Waals surface area contributed by atoms with Crippen LogP contribution < -0.4 is 0 Å². The molecule has 0 amide bonds. The maximum atomic E-state index is 4.25. The van der Waals surface area contributed by atoms with Gasteiger partial charge >= 0.3 is 0 Å². The monoisotopic (exact) mass is 179 g/mol. The molecule has 0 bridgehead atoms. The van der Waals surface area contributed by atoms with Crippen molar-refractivity contribution in [1.29, 1.82) is 0 Å². The summed E-state index contributed by atoms with van der Waals surface area (Å²) < 4.78 is 0.111. The minimum atomic E-state index is 0.111. The van der Waals surface area contributed by atoms with Crippen LogP contribution in [0.5, 0.6) is 0 Å². The fourth-order valence-electron chi connectivity index (χ4n) is 0.917. The lowest BCUT2D eigenvalue weighted by Crippen LogP contribution is -2.29. The molecule has 0 saturated heterocycles. The fraction of sp³-hybridized carbons (Fsp3) is 1.00. The molecule has 0 heterocycles. The molecule has 3 heteroatoms. The Morgan fingerprint density at radius 3 is 1.70 bits per heavy atom. The van der Waals surface area contributed by atoms with Gasteiger partial charge in [0.1, 0.15) is 0 Å². The molecule has 0 saturated carbocycles. The zero-order valence-electron chi connectivity index (χ0n) is 6.75. The van der Waals surface area contributed by atoms with Gasteiger partial charge in [-0.15, -0.1) is 25.3 Å². The van der Waals surface area contributed by atoms with Crippen molar-refractivity contribution in [3.8, 4) is 0 Å². The summed E-state index contributed by atoms with van der Waals surface area (Å²) in [7, 11) is 0. The molecule has 0 radical (unpaired) electrons. The Morgan fingerprint density at radius 1 is 1.10 bits per heavy atom. The minimum absolute atomic E-state index is 0.111. The summed E-state index contributed by atoms with van der Waals surface area (Å²) >= 11 is 8.50. The van der Waals surface area contributed by atoms with E-state index in [0.29, 0.717) is 0 Å². The molecule has 0 spiro atoms. The van der Waals surface area contributed by atoms with Crippen LogP contribution in [-0.2, 0) is 0 Å². The maximum absolute atomic E-state index is 4.25. The first-order valence-corrected chi connectivity index (χ1v) is 4.85. The normalized spacial score (nSPS) is 11.4. The van der Waals surface area contributed by atoms with E-state index in [1.165, 1.54) is 12.8 Å². The fourth-order valence-corrected chi connectivity index (χ4v) is 1.38. The van der Waals surface area contributed by atoms with E-state index in [1.807, 2.05) is 0 Å². The first kappa shape index (κ1) is 10.7. The average molecular weight is 179 g/mol. The van der Waals surface area contributed by atoms with E-state index in [-0.39, 0.29) is 4.71 Å². The van der Waals surface area contributed by atoms with Crippen molar-refractivity contribution < 1.29 is 0 Å². The molecule has 0 atom stereocenters. The van der Waals surface area contributed by atoms with E-state index < -0.39 is 0 Å². The van der Waals surface area contributed by atoms with Crippen LogP contribution in [0.2, 0.25) is 0 Å². The molecular weight excluding hydrogens is 162 g/mol. The summed E-state index contributed by atoms with van der Waals surface area (Å²) in [4.78, 5) is 2.26. The van der Waals surface area contributed by atoms with Gasteiger partial charge in [0.15, 0.2) is 0 Å². The van der Waals surface area contributed by atoms with E-state index in [4.69, 9.17) is 0 Å². The van der Waals surface area contributed by atoms with E-state index in [1.54, 1.807) is 0 Å². The Labute approximate surface area is 75.0 Å². The first-order chi connectivity index (χ1) is 4.72. The standard InChI is InChI=1S/C7H17NS2/c1-3-5-8(6-4-2)7(9)10/h7,9-10H,3-6H2,1-2H3. The van der Waals surface area contributed by atoms with E-state index in [0.717, 1.165) is 13.1 Å². The summed E-state index contributed by atoms with van der Waals surface area (Å²) in [5.41, 5.74) is 0. The predicted molar refractivity (Wildman–Crippen MR) is 53.9 cm³/mol. The molecule has 0 aliphatic carbocycles. The molecular formula is C7H17NS2. The van der Waals surface area contributed by atoms with Gasteiger partial charge in [-0.2, -0.15) is 0 Å². The van der Waals surface area contributed by atoms with Crippen LogP contribution in [0.1, 0.15) is 26.7 Å². The van der Waals surface area contributed by atoms with Crippen LogP contribution in [0.15, 0.2) is 0 Å². The third-order valence-electron chi connectivity index (χ3n) is 1.35.